The van der Waals surface area contributed by atoms with Gasteiger partial charge in [-0.25, -0.2) is 0 Å². The second kappa shape index (κ2) is 16.1. The molecule has 266 valence electrons. The van der Waals surface area contributed by atoms with Gasteiger partial charge in [-0.1, -0.05) is 131 Å². The highest BCUT2D eigenvalue weighted by molar-refractivity contribution is 6.09. The molecule has 8 rings (SSSR count). The Morgan fingerprint density at radius 3 is 1.17 bits per heavy atom. The van der Waals surface area contributed by atoms with Gasteiger partial charge in [0.15, 0.2) is 0 Å². The number of anilines is 6. The minimum atomic E-state index is 0.463. The third kappa shape index (κ3) is 7.08. The molecule has 0 bridgehead atoms. The second-order valence-electron chi connectivity index (χ2n) is 14.9. The summed E-state index contributed by atoms with van der Waals surface area (Å²) in [6.07, 6.45) is 11.2. The zero-order valence-corrected chi connectivity index (χ0v) is 31.4. The van der Waals surface area contributed by atoms with Crippen molar-refractivity contribution in [2.75, 3.05) is 9.80 Å². The normalized spacial score (nSPS) is 13.5. The van der Waals surface area contributed by atoms with Gasteiger partial charge in [-0.15, -0.1) is 0 Å². The molecule has 0 saturated heterocycles. The summed E-state index contributed by atoms with van der Waals surface area (Å²) in [5.74, 6) is 1.03. The minimum Gasteiger partial charge on any atom is -0.310 e. The quantitative estimate of drug-likeness (QED) is 0.118. The maximum Gasteiger partial charge on any atom is 0.0468 e. The summed E-state index contributed by atoms with van der Waals surface area (Å²) in [4.78, 5) is 4.87. The second-order valence-corrected chi connectivity index (χ2v) is 14.9. The van der Waals surface area contributed by atoms with Crippen molar-refractivity contribution in [2.24, 2.45) is 0 Å². The van der Waals surface area contributed by atoms with Crippen molar-refractivity contribution in [1.29, 1.82) is 0 Å². The van der Waals surface area contributed by atoms with E-state index in [0.29, 0.717) is 11.8 Å². The summed E-state index contributed by atoms with van der Waals surface area (Å²) >= 11 is 0. The number of nitrogens with zero attached hydrogens (tertiary/aromatic N) is 2. The molecule has 7 aromatic carbocycles. The first kappa shape index (κ1) is 34.7. The molecule has 1 saturated carbocycles. The molecule has 0 aliphatic heterocycles. The third-order valence-corrected chi connectivity index (χ3v) is 11.4. The maximum absolute atomic E-state index is 2.55. The molecule has 0 atom stereocenters. The Bertz CT molecular complexity index is 2010. The van der Waals surface area contributed by atoms with Crippen LogP contribution in [0.15, 0.2) is 158 Å². The van der Waals surface area contributed by atoms with E-state index in [2.05, 4.69) is 181 Å². The van der Waals surface area contributed by atoms with E-state index in [1.54, 1.807) is 5.56 Å². The molecule has 1 aliphatic rings. The zero-order valence-electron chi connectivity index (χ0n) is 31.4. The first-order valence-corrected chi connectivity index (χ1v) is 20.1. The maximum atomic E-state index is 2.55. The van der Waals surface area contributed by atoms with Crippen LogP contribution in [0.3, 0.4) is 0 Å². The highest BCUT2D eigenvalue weighted by Crippen LogP contribution is 2.49. The molecule has 1 aliphatic carbocycles. The molecule has 0 heterocycles. The van der Waals surface area contributed by atoms with Crippen LogP contribution in [0.2, 0.25) is 0 Å². The van der Waals surface area contributed by atoms with E-state index in [1.807, 2.05) is 0 Å². The Balaban J connectivity index is 1.45. The van der Waals surface area contributed by atoms with Gasteiger partial charge in [0, 0.05) is 34.1 Å². The van der Waals surface area contributed by atoms with Crippen LogP contribution < -0.4 is 9.80 Å². The van der Waals surface area contributed by atoms with E-state index in [-0.39, 0.29) is 0 Å². The van der Waals surface area contributed by atoms with Gasteiger partial charge in [-0.05, 0) is 143 Å². The number of rotatable bonds is 12. The van der Waals surface area contributed by atoms with Crippen molar-refractivity contribution < 1.29 is 0 Å². The molecule has 0 spiro atoms. The molecule has 0 unspecified atom stereocenters. The summed E-state index contributed by atoms with van der Waals surface area (Å²) in [5, 5.41) is 5.78. The fraction of sp³-hybridized carbons (Fsp3) is 0.255. The number of hydrogen-bond acceptors (Lipinski definition) is 2. The lowest BCUT2D eigenvalue weighted by Gasteiger charge is -2.31. The standard InChI is InChI=1S/C51H52N2/c1-3-20-38(21-4-2)51-48-36-44(52(40-24-12-6-13-25-40)41-26-14-7-15-27-41)32-34-46(48)50(39-22-10-5-11-23-39)47-35-33-45(37-49(47)51)53(42-28-16-8-17-29-42)43-30-18-9-19-31-43/h6-9,12-19,24-39H,3-5,10-11,20-23H2,1-2H3. The zero-order chi connectivity index (χ0) is 36.0. The van der Waals surface area contributed by atoms with Gasteiger partial charge >= 0.3 is 0 Å². The van der Waals surface area contributed by atoms with Crippen molar-refractivity contribution in [1.82, 2.24) is 0 Å². The predicted molar refractivity (Wildman–Crippen MR) is 229 cm³/mol. The fourth-order valence-electron chi connectivity index (χ4n) is 9.15. The average Bonchev–Trinajstić information content (AvgIpc) is 3.22. The molecule has 0 aromatic heterocycles. The minimum absolute atomic E-state index is 0.463. The Labute approximate surface area is 316 Å². The van der Waals surface area contributed by atoms with Gasteiger partial charge in [0.1, 0.15) is 0 Å². The number of para-hydroxylation sites is 4. The van der Waals surface area contributed by atoms with Gasteiger partial charge in [0.25, 0.3) is 0 Å². The lowest BCUT2D eigenvalue weighted by molar-refractivity contribution is 0.447. The predicted octanol–water partition coefficient (Wildman–Crippen LogP) is 15.7. The van der Waals surface area contributed by atoms with Crippen LogP contribution >= 0.6 is 0 Å². The first-order chi connectivity index (χ1) is 26.2. The van der Waals surface area contributed by atoms with Gasteiger partial charge in [0.2, 0.25) is 0 Å². The molecular formula is C51H52N2. The van der Waals surface area contributed by atoms with Crippen molar-refractivity contribution in [3.63, 3.8) is 0 Å². The summed E-state index contributed by atoms with van der Waals surface area (Å²) in [6, 6.07) is 58.4. The molecule has 0 radical (unpaired) electrons. The van der Waals surface area contributed by atoms with Crippen LogP contribution in [0.5, 0.6) is 0 Å². The molecule has 7 aromatic rings. The van der Waals surface area contributed by atoms with Crippen LogP contribution in [0, 0.1) is 0 Å². The van der Waals surface area contributed by atoms with Crippen molar-refractivity contribution in [2.45, 2.75) is 83.5 Å². The summed E-state index contributed by atoms with van der Waals surface area (Å²) in [7, 11) is 0. The van der Waals surface area contributed by atoms with Crippen molar-refractivity contribution in [3.8, 4) is 0 Å². The molecular weight excluding hydrogens is 641 g/mol. The van der Waals surface area contributed by atoms with Gasteiger partial charge in [-0.2, -0.15) is 0 Å². The molecule has 2 heteroatoms. The van der Waals surface area contributed by atoms with Crippen LogP contribution in [-0.4, -0.2) is 0 Å². The van der Waals surface area contributed by atoms with Gasteiger partial charge in [-0.3, -0.25) is 0 Å². The highest BCUT2D eigenvalue weighted by Gasteiger charge is 2.27. The third-order valence-electron chi connectivity index (χ3n) is 11.4. The lowest BCUT2D eigenvalue weighted by atomic mass is 9.76. The van der Waals surface area contributed by atoms with Crippen LogP contribution in [0.1, 0.15) is 94.6 Å². The summed E-state index contributed by atoms with van der Waals surface area (Å²) in [6.45, 7) is 4.72. The topological polar surface area (TPSA) is 6.48 Å². The lowest BCUT2D eigenvalue weighted by Crippen LogP contribution is -2.12. The van der Waals surface area contributed by atoms with Gasteiger partial charge in [0.05, 0.1) is 0 Å². The molecule has 0 amide bonds. The Morgan fingerprint density at radius 2 is 0.811 bits per heavy atom. The SMILES string of the molecule is CCCC(CCC)c1c2cc(N(c3ccccc3)c3ccccc3)ccc2c(C2CCCCC2)c2ccc(N(c3ccccc3)c3ccccc3)cc12. The smallest absolute Gasteiger partial charge is 0.0468 e. The largest absolute Gasteiger partial charge is 0.310 e. The molecule has 1 fully saturated rings. The van der Waals surface area contributed by atoms with Crippen LogP contribution in [0.4, 0.5) is 34.1 Å². The Morgan fingerprint density at radius 1 is 0.434 bits per heavy atom. The number of benzene rings is 7. The highest BCUT2D eigenvalue weighted by atomic mass is 15.1. The molecule has 0 N–H and O–H groups in total. The molecule has 2 nitrogen and oxygen atoms in total. The Hall–Kier alpha value is -5.34. The van der Waals surface area contributed by atoms with Crippen molar-refractivity contribution in [3.05, 3.63) is 169 Å². The van der Waals surface area contributed by atoms with E-state index < -0.39 is 0 Å². The Kier molecular flexibility index (Phi) is 10.6. The first-order valence-electron chi connectivity index (χ1n) is 20.1. The fourth-order valence-corrected chi connectivity index (χ4v) is 9.15. The monoisotopic (exact) mass is 692 g/mol. The van der Waals surface area contributed by atoms with Crippen LogP contribution in [0.25, 0.3) is 21.5 Å². The summed E-state index contributed by atoms with van der Waals surface area (Å²) in [5.41, 5.74) is 10.2. The number of hydrogen-bond donors (Lipinski definition) is 0. The van der Waals surface area contributed by atoms with Gasteiger partial charge < -0.3 is 9.80 Å². The average molecular weight is 693 g/mol. The number of fused-ring (bicyclic) bond motifs is 2. The van der Waals surface area contributed by atoms with E-state index in [1.165, 1.54) is 106 Å². The van der Waals surface area contributed by atoms with E-state index in [4.69, 9.17) is 0 Å². The van der Waals surface area contributed by atoms with E-state index in [9.17, 15) is 0 Å². The summed E-state index contributed by atoms with van der Waals surface area (Å²) < 4.78 is 0. The van der Waals surface area contributed by atoms with Crippen molar-refractivity contribution >= 4 is 55.7 Å². The van der Waals surface area contributed by atoms with Crippen LogP contribution in [-0.2, 0) is 0 Å². The van der Waals surface area contributed by atoms with E-state index in [0.717, 1.165) is 12.8 Å². The molecule has 53 heavy (non-hydrogen) atoms. The van der Waals surface area contributed by atoms with E-state index >= 15 is 0 Å².